The Bertz CT molecular complexity index is 764. The third-order valence-corrected chi connectivity index (χ3v) is 3.06. The van der Waals surface area contributed by atoms with Crippen molar-refractivity contribution in [1.82, 2.24) is 4.98 Å². The number of nitrogens with zero attached hydrogens (tertiary/aromatic N) is 1. The van der Waals surface area contributed by atoms with Crippen molar-refractivity contribution < 1.29 is 19.4 Å². The zero-order valence-corrected chi connectivity index (χ0v) is 10.8. The van der Waals surface area contributed by atoms with Gasteiger partial charge in [0.15, 0.2) is 17.1 Å². The Hall–Kier alpha value is -2.53. The largest absolute Gasteiger partial charge is 0.504 e. The summed E-state index contributed by atoms with van der Waals surface area (Å²) in [6, 6.07) is 10.2. The van der Waals surface area contributed by atoms with Gasteiger partial charge in [-0.05, 0) is 35.9 Å². The van der Waals surface area contributed by atoms with Gasteiger partial charge in [0.2, 0.25) is 5.89 Å². The maximum Gasteiger partial charge on any atom is 0.227 e. The number of fused-ring (bicyclic) bond motifs is 1. The molecule has 3 rings (SSSR count). The topological polar surface area (TPSA) is 75.7 Å². The molecule has 0 radical (unpaired) electrons. The van der Waals surface area contributed by atoms with Gasteiger partial charge in [0.25, 0.3) is 0 Å². The molecule has 5 heteroatoms. The van der Waals surface area contributed by atoms with Crippen LogP contribution in [0.2, 0.25) is 0 Å². The molecule has 2 aromatic carbocycles. The average Bonchev–Trinajstić information content (AvgIpc) is 2.90. The number of hydrogen-bond acceptors (Lipinski definition) is 5. The predicted molar refractivity (Wildman–Crippen MR) is 73.6 cm³/mol. The first-order valence-electron chi connectivity index (χ1n) is 6.09. The number of phenolic OH excluding ortho intramolecular Hbond substituents is 1. The van der Waals surface area contributed by atoms with E-state index in [4.69, 9.17) is 14.3 Å². The number of benzene rings is 2. The second-order valence-electron chi connectivity index (χ2n) is 4.37. The number of oxazole rings is 1. The smallest absolute Gasteiger partial charge is 0.227 e. The standard InChI is InChI=1S/C15H13NO4/c1-19-14-7-10(3-4-12(14)18)15-16-11-6-9(8-17)2-5-13(11)20-15/h2-7,17-18H,8H2,1H3. The predicted octanol–water partition coefficient (Wildman–Crippen LogP) is 2.70. The second-order valence-corrected chi connectivity index (χ2v) is 4.37. The molecule has 0 aliphatic carbocycles. The molecule has 0 saturated carbocycles. The minimum atomic E-state index is -0.0365. The molecule has 3 aromatic rings. The molecule has 0 spiro atoms. The molecule has 20 heavy (non-hydrogen) atoms. The molecule has 1 heterocycles. The Balaban J connectivity index is 2.09. The molecule has 0 saturated heterocycles. The van der Waals surface area contributed by atoms with Crippen LogP contribution in [0.15, 0.2) is 40.8 Å². The van der Waals surface area contributed by atoms with Gasteiger partial charge in [-0.3, -0.25) is 0 Å². The van der Waals surface area contributed by atoms with Crippen LogP contribution >= 0.6 is 0 Å². The molecule has 0 aliphatic heterocycles. The van der Waals surface area contributed by atoms with Gasteiger partial charge in [-0.1, -0.05) is 6.07 Å². The highest BCUT2D eigenvalue weighted by atomic mass is 16.5. The lowest BCUT2D eigenvalue weighted by Crippen LogP contribution is -1.85. The first kappa shape index (κ1) is 12.5. The summed E-state index contributed by atoms with van der Waals surface area (Å²) in [7, 11) is 1.48. The van der Waals surface area contributed by atoms with Gasteiger partial charge < -0.3 is 19.4 Å². The summed E-state index contributed by atoms with van der Waals surface area (Å²) in [6.45, 7) is -0.0365. The van der Waals surface area contributed by atoms with Crippen molar-refractivity contribution in [2.75, 3.05) is 7.11 Å². The molecule has 102 valence electrons. The van der Waals surface area contributed by atoms with E-state index >= 15 is 0 Å². The minimum Gasteiger partial charge on any atom is -0.504 e. The average molecular weight is 271 g/mol. The van der Waals surface area contributed by atoms with Gasteiger partial charge in [-0.15, -0.1) is 0 Å². The van der Waals surface area contributed by atoms with Gasteiger partial charge in [0, 0.05) is 5.56 Å². The fraction of sp³-hybridized carbons (Fsp3) is 0.133. The molecule has 0 atom stereocenters. The van der Waals surface area contributed by atoms with Crippen LogP contribution in [-0.2, 0) is 6.61 Å². The minimum absolute atomic E-state index is 0.0365. The zero-order valence-electron chi connectivity index (χ0n) is 10.8. The van der Waals surface area contributed by atoms with Crippen LogP contribution < -0.4 is 4.74 Å². The lowest BCUT2D eigenvalue weighted by atomic mass is 10.2. The first-order valence-corrected chi connectivity index (χ1v) is 6.09. The van der Waals surface area contributed by atoms with Crippen LogP contribution in [0.3, 0.4) is 0 Å². The lowest BCUT2D eigenvalue weighted by molar-refractivity contribution is 0.282. The first-order chi connectivity index (χ1) is 9.71. The highest BCUT2D eigenvalue weighted by molar-refractivity contribution is 5.77. The molecule has 0 amide bonds. The highest BCUT2D eigenvalue weighted by Crippen LogP contribution is 2.32. The fourth-order valence-electron chi connectivity index (χ4n) is 2.01. The second kappa shape index (κ2) is 4.86. The third-order valence-electron chi connectivity index (χ3n) is 3.06. The number of aliphatic hydroxyl groups is 1. The van der Waals surface area contributed by atoms with Gasteiger partial charge in [-0.2, -0.15) is 0 Å². The summed E-state index contributed by atoms with van der Waals surface area (Å²) < 4.78 is 10.7. The monoisotopic (exact) mass is 271 g/mol. The molecule has 2 N–H and O–H groups in total. The molecule has 5 nitrogen and oxygen atoms in total. The third kappa shape index (κ3) is 2.08. The number of aliphatic hydroxyl groups excluding tert-OH is 1. The van der Waals surface area contributed by atoms with Gasteiger partial charge in [-0.25, -0.2) is 4.98 Å². The molecular weight excluding hydrogens is 258 g/mol. The van der Waals surface area contributed by atoms with E-state index < -0.39 is 0 Å². The molecular formula is C15H13NO4. The Morgan fingerprint density at radius 2 is 2.05 bits per heavy atom. The van der Waals surface area contributed by atoms with Crippen molar-refractivity contribution in [3.05, 3.63) is 42.0 Å². The van der Waals surface area contributed by atoms with E-state index in [-0.39, 0.29) is 12.4 Å². The summed E-state index contributed by atoms with van der Waals surface area (Å²) >= 11 is 0. The van der Waals surface area contributed by atoms with Crippen LogP contribution in [-0.4, -0.2) is 22.3 Å². The number of methoxy groups -OCH3 is 1. The van der Waals surface area contributed by atoms with Crippen LogP contribution in [0.4, 0.5) is 0 Å². The van der Waals surface area contributed by atoms with Crippen LogP contribution in [0, 0.1) is 0 Å². The molecule has 0 fully saturated rings. The summed E-state index contributed by atoms with van der Waals surface area (Å²) in [5.74, 6) is 0.865. The lowest BCUT2D eigenvalue weighted by Gasteiger charge is -2.03. The number of aromatic hydroxyl groups is 1. The zero-order chi connectivity index (χ0) is 14.1. The van der Waals surface area contributed by atoms with E-state index in [2.05, 4.69) is 4.98 Å². The summed E-state index contributed by atoms with van der Waals surface area (Å²) in [6.07, 6.45) is 0. The van der Waals surface area contributed by atoms with Crippen LogP contribution in [0.5, 0.6) is 11.5 Å². The maximum atomic E-state index is 9.59. The van der Waals surface area contributed by atoms with Crippen molar-refractivity contribution in [2.24, 2.45) is 0 Å². The van der Waals surface area contributed by atoms with Crippen molar-refractivity contribution in [3.63, 3.8) is 0 Å². The Morgan fingerprint density at radius 3 is 2.80 bits per heavy atom. The SMILES string of the molecule is COc1cc(-c2nc3cc(CO)ccc3o2)ccc1O. The number of hydrogen-bond donors (Lipinski definition) is 2. The molecule has 1 aromatic heterocycles. The number of phenols is 1. The Labute approximate surface area is 115 Å². The van der Waals surface area contributed by atoms with E-state index in [0.29, 0.717) is 28.3 Å². The molecule has 0 aliphatic rings. The summed E-state index contributed by atoms with van der Waals surface area (Å²) in [4.78, 5) is 4.38. The van der Waals surface area contributed by atoms with Gasteiger partial charge >= 0.3 is 0 Å². The number of ether oxygens (including phenoxy) is 1. The fourth-order valence-corrected chi connectivity index (χ4v) is 2.01. The summed E-state index contributed by atoms with van der Waals surface area (Å²) in [5, 5.41) is 18.7. The van der Waals surface area contributed by atoms with Crippen molar-refractivity contribution >= 4 is 11.1 Å². The number of aromatic nitrogens is 1. The maximum absolute atomic E-state index is 9.59. The van der Waals surface area contributed by atoms with Crippen LogP contribution in [0.1, 0.15) is 5.56 Å². The van der Waals surface area contributed by atoms with E-state index in [1.807, 2.05) is 0 Å². The van der Waals surface area contributed by atoms with E-state index in [1.165, 1.54) is 13.2 Å². The van der Waals surface area contributed by atoms with Crippen molar-refractivity contribution in [3.8, 4) is 23.0 Å². The molecule has 0 bridgehead atoms. The Kier molecular flexibility index (Phi) is 3.04. The van der Waals surface area contributed by atoms with E-state index in [0.717, 1.165) is 5.56 Å². The van der Waals surface area contributed by atoms with E-state index in [1.54, 1.807) is 30.3 Å². The van der Waals surface area contributed by atoms with Gasteiger partial charge in [0.1, 0.15) is 5.52 Å². The van der Waals surface area contributed by atoms with Gasteiger partial charge in [0.05, 0.1) is 13.7 Å². The van der Waals surface area contributed by atoms with Crippen molar-refractivity contribution in [1.29, 1.82) is 0 Å². The quantitative estimate of drug-likeness (QED) is 0.766. The molecule has 0 unspecified atom stereocenters. The normalized spacial score (nSPS) is 10.9. The highest BCUT2D eigenvalue weighted by Gasteiger charge is 2.11. The summed E-state index contributed by atoms with van der Waals surface area (Å²) in [5.41, 5.74) is 2.81. The number of rotatable bonds is 3. The van der Waals surface area contributed by atoms with E-state index in [9.17, 15) is 5.11 Å². The van der Waals surface area contributed by atoms with Crippen LogP contribution in [0.25, 0.3) is 22.6 Å². The van der Waals surface area contributed by atoms with Crippen molar-refractivity contribution in [2.45, 2.75) is 6.61 Å². The Morgan fingerprint density at radius 1 is 1.20 bits per heavy atom.